The van der Waals surface area contributed by atoms with Crippen molar-refractivity contribution in [1.82, 2.24) is 0 Å². The van der Waals surface area contributed by atoms with Crippen LogP contribution in [-0.4, -0.2) is 33.5 Å². The molecular weight excluding hydrogens is 379 g/mol. The molecule has 0 radical (unpaired) electrons. The number of rotatable bonds is 6. The first-order valence-electron chi connectivity index (χ1n) is 7.60. The second-order valence-corrected chi connectivity index (χ2v) is 7.01. The number of carbonyl (C=O) groups excluding carboxylic acids is 2. The quantitative estimate of drug-likeness (QED) is 0.716. The highest BCUT2D eigenvalue weighted by atomic mass is 32.2. The second kappa shape index (κ2) is 8.14. The van der Waals surface area contributed by atoms with Gasteiger partial charge in [-0.15, -0.1) is 0 Å². The molecule has 2 aromatic carbocycles. The number of ether oxygens (including phenoxy) is 2. The molecule has 1 atom stereocenters. The highest BCUT2D eigenvalue weighted by molar-refractivity contribution is 7.89. The molecule has 0 saturated heterocycles. The number of carbonyl (C=O) groups is 2. The summed E-state index contributed by atoms with van der Waals surface area (Å²) in [5.74, 6) is -2.26. The maximum Gasteiger partial charge on any atom is 0.341 e. The lowest BCUT2D eigenvalue weighted by atomic mass is 10.2. The Kier molecular flexibility index (Phi) is 6.13. The molecule has 0 unspecified atom stereocenters. The predicted molar refractivity (Wildman–Crippen MR) is 94.3 cm³/mol. The summed E-state index contributed by atoms with van der Waals surface area (Å²) in [5, 5.41) is 7.48. The van der Waals surface area contributed by atoms with E-state index in [0.29, 0.717) is 11.4 Å². The number of hydrogen-bond acceptors (Lipinski definition) is 6. The van der Waals surface area contributed by atoms with Crippen molar-refractivity contribution in [2.24, 2.45) is 5.14 Å². The van der Waals surface area contributed by atoms with Crippen LogP contribution in [0.5, 0.6) is 5.75 Å². The lowest BCUT2D eigenvalue weighted by molar-refractivity contribution is -0.123. The van der Waals surface area contributed by atoms with Gasteiger partial charge in [0.1, 0.15) is 11.6 Å². The fraction of sp³-hybridized carbons (Fsp3) is 0.176. The summed E-state index contributed by atoms with van der Waals surface area (Å²) in [6.45, 7) is 1.29. The van der Waals surface area contributed by atoms with Crippen LogP contribution in [0.25, 0.3) is 0 Å². The van der Waals surface area contributed by atoms with E-state index in [1.54, 1.807) is 24.3 Å². The highest BCUT2D eigenvalue weighted by Crippen LogP contribution is 2.17. The molecule has 0 spiro atoms. The number of esters is 1. The molecule has 0 aliphatic rings. The maximum absolute atomic E-state index is 13.8. The average Bonchev–Trinajstić information content (AvgIpc) is 2.61. The lowest BCUT2D eigenvalue weighted by Crippen LogP contribution is -2.30. The SMILES string of the molecule is COc1ccc(NC(=O)[C@@H](C)OC(=O)c2cc(S(N)(=O)=O)ccc2F)cc1. The maximum atomic E-state index is 13.8. The van der Waals surface area contributed by atoms with Gasteiger partial charge in [0.05, 0.1) is 17.6 Å². The minimum Gasteiger partial charge on any atom is -0.497 e. The van der Waals surface area contributed by atoms with Crippen molar-refractivity contribution < 1.29 is 31.9 Å². The Morgan fingerprint density at radius 1 is 1.15 bits per heavy atom. The van der Waals surface area contributed by atoms with E-state index in [4.69, 9.17) is 14.6 Å². The third kappa shape index (κ3) is 5.25. The van der Waals surface area contributed by atoms with Crippen LogP contribution in [0.2, 0.25) is 0 Å². The van der Waals surface area contributed by atoms with Gasteiger partial charge >= 0.3 is 5.97 Å². The molecule has 0 aliphatic heterocycles. The van der Waals surface area contributed by atoms with Crippen molar-refractivity contribution >= 4 is 27.6 Å². The number of benzene rings is 2. The van der Waals surface area contributed by atoms with Crippen molar-refractivity contribution in [3.8, 4) is 5.75 Å². The van der Waals surface area contributed by atoms with Gasteiger partial charge in [0, 0.05) is 5.69 Å². The number of methoxy groups -OCH3 is 1. The van der Waals surface area contributed by atoms with E-state index in [1.807, 2.05) is 0 Å². The minimum atomic E-state index is -4.13. The first-order valence-corrected chi connectivity index (χ1v) is 9.14. The largest absolute Gasteiger partial charge is 0.497 e. The van der Waals surface area contributed by atoms with Gasteiger partial charge in [-0.3, -0.25) is 4.79 Å². The van der Waals surface area contributed by atoms with Crippen LogP contribution in [0.1, 0.15) is 17.3 Å². The van der Waals surface area contributed by atoms with Gasteiger partial charge in [0.2, 0.25) is 10.0 Å². The van der Waals surface area contributed by atoms with Crippen molar-refractivity contribution in [2.45, 2.75) is 17.9 Å². The number of nitrogens with two attached hydrogens (primary N) is 1. The third-order valence-corrected chi connectivity index (χ3v) is 4.41. The molecule has 3 N–H and O–H groups in total. The summed E-state index contributed by atoms with van der Waals surface area (Å²) in [6, 6.07) is 8.86. The van der Waals surface area contributed by atoms with E-state index >= 15 is 0 Å². The zero-order chi connectivity index (χ0) is 20.2. The van der Waals surface area contributed by atoms with Crippen LogP contribution < -0.4 is 15.2 Å². The monoisotopic (exact) mass is 396 g/mol. The number of hydrogen-bond donors (Lipinski definition) is 2. The number of halogens is 1. The van der Waals surface area contributed by atoms with Crippen molar-refractivity contribution in [3.05, 3.63) is 53.8 Å². The van der Waals surface area contributed by atoms with E-state index in [0.717, 1.165) is 18.2 Å². The Labute approximate surface area is 155 Å². The molecule has 0 heterocycles. The zero-order valence-electron chi connectivity index (χ0n) is 14.4. The van der Waals surface area contributed by atoms with Gasteiger partial charge in [-0.25, -0.2) is 22.7 Å². The number of anilines is 1. The first kappa shape index (κ1) is 20.3. The first-order chi connectivity index (χ1) is 12.6. The summed E-state index contributed by atoms with van der Waals surface area (Å²) in [5.41, 5.74) is -0.211. The van der Waals surface area contributed by atoms with Gasteiger partial charge in [-0.2, -0.15) is 0 Å². The summed E-state index contributed by atoms with van der Waals surface area (Å²) < 4.78 is 46.4. The molecule has 0 aliphatic carbocycles. The molecule has 144 valence electrons. The predicted octanol–water partition coefficient (Wildman–Crippen LogP) is 1.67. The van der Waals surface area contributed by atoms with E-state index in [1.165, 1.54) is 14.0 Å². The topological polar surface area (TPSA) is 125 Å². The van der Waals surface area contributed by atoms with E-state index in [9.17, 15) is 22.4 Å². The summed E-state index contributed by atoms with van der Waals surface area (Å²) in [4.78, 5) is 23.8. The fourth-order valence-corrected chi connectivity index (χ4v) is 2.57. The van der Waals surface area contributed by atoms with E-state index < -0.39 is 44.3 Å². The van der Waals surface area contributed by atoms with Gasteiger partial charge in [0.25, 0.3) is 5.91 Å². The molecule has 8 nitrogen and oxygen atoms in total. The third-order valence-electron chi connectivity index (χ3n) is 3.50. The molecule has 2 aromatic rings. The van der Waals surface area contributed by atoms with Crippen molar-refractivity contribution in [1.29, 1.82) is 0 Å². The Morgan fingerprint density at radius 3 is 2.33 bits per heavy atom. The smallest absolute Gasteiger partial charge is 0.341 e. The summed E-state index contributed by atoms with van der Waals surface area (Å²) in [7, 11) is -2.63. The Bertz CT molecular complexity index is 960. The molecule has 0 saturated carbocycles. The van der Waals surface area contributed by atoms with Crippen LogP contribution in [0, 0.1) is 5.82 Å². The standard InChI is InChI=1S/C17H17FN2O6S/c1-10(16(21)20-11-3-5-12(25-2)6-4-11)26-17(22)14-9-13(27(19,23)24)7-8-15(14)18/h3-10H,1-2H3,(H,20,21)(H2,19,23,24)/t10-/m1/s1. The van der Waals surface area contributed by atoms with E-state index in [2.05, 4.69) is 5.32 Å². The van der Waals surface area contributed by atoms with Gasteiger partial charge in [0.15, 0.2) is 6.10 Å². The molecule has 2 rings (SSSR count). The summed E-state index contributed by atoms with van der Waals surface area (Å²) >= 11 is 0. The van der Waals surface area contributed by atoms with Gasteiger partial charge < -0.3 is 14.8 Å². The molecular formula is C17H17FN2O6S. The Hall–Kier alpha value is -2.98. The van der Waals surface area contributed by atoms with Crippen LogP contribution in [0.15, 0.2) is 47.4 Å². The molecule has 0 aromatic heterocycles. The number of sulfonamides is 1. The zero-order valence-corrected chi connectivity index (χ0v) is 15.2. The average molecular weight is 396 g/mol. The molecule has 0 fully saturated rings. The normalized spacial score (nSPS) is 12.1. The Balaban J connectivity index is 2.09. The highest BCUT2D eigenvalue weighted by Gasteiger charge is 2.23. The molecule has 10 heteroatoms. The molecule has 0 bridgehead atoms. The Morgan fingerprint density at radius 2 is 1.78 bits per heavy atom. The molecule has 1 amide bonds. The second-order valence-electron chi connectivity index (χ2n) is 5.45. The summed E-state index contributed by atoms with van der Waals surface area (Å²) in [6.07, 6.45) is -1.27. The number of primary sulfonamides is 1. The van der Waals surface area contributed by atoms with Crippen LogP contribution in [-0.2, 0) is 19.6 Å². The van der Waals surface area contributed by atoms with Gasteiger partial charge in [-0.1, -0.05) is 0 Å². The van der Waals surface area contributed by atoms with Crippen molar-refractivity contribution in [3.63, 3.8) is 0 Å². The minimum absolute atomic E-state index is 0.436. The van der Waals surface area contributed by atoms with Gasteiger partial charge in [-0.05, 0) is 49.4 Å². The molecule has 27 heavy (non-hydrogen) atoms. The van der Waals surface area contributed by atoms with Crippen LogP contribution in [0.4, 0.5) is 10.1 Å². The van der Waals surface area contributed by atoms with Crippen LogP contribution in [0.3, 0.4) is 0 Å². The number of amides is 1. The number of nitrogens with one attached hydrogen (secondary N) is 1. The van der Waals surface area contributed by atoms with Crippen molar-refractivity contribution in [2.75, 3.05) is 12.4 Å². The van der Waals surface area contributed by atoms with E-state index in [-0.39, 0.29) is 0 Å². The lowest BCUT2D eigenvalue weighted by Gasteiger charge is -2.14. The van der Waals surface area contributed by atoms with Crippen LogP contribution >= 0.6 is 0 Å². The fourth-order valence-electron chi connectivity index (χ4n) is 2.03.